The second kappa shape index (κ2) is 2.77. The monoisotopic (exact) mass is 192 g/mol. The van der Waals surface area contributed by atoms with E-state index in [0.717, 1.165) is 29.1 Å². The molecular formula is C14H24. The van der Waals surface area contributed by atoms with Crippen molar-refractivity contribution >= 4 is 0 Å². The van der Waals surface area contributed by atoms with Gasteiger partial charge in [-0.25, -0.2) is 0 Å². The van der Waals surface area contributed by atoms with Gasteiger partial charge in [-0.2, -0.15) is 0 Å². The minimum atomic E-state index is 0.891. The van der Waals surface area contributed by atoms with E-state index in [1.807, 2.05) is 0 Å². The molecule has 0 heterocycles. The van der Waals surface area contributed by atoms with Gasteiger partial charge in [0, 0.05) is 0 Å². The van der Waals surface area contributed by atoms with Crippen LogP contribution in [0.3, 0.4) is 0 Å². The zero-order valence-corrected chi connectivity index (χ0v) is 9.92. The van der Waals surface area contributed by atoms with Crippen molar-refractivity contribution in [3.63, 3.8) is 0 Å². The molecule has 0 heteroatoms. The highest BCUT2D eigenvalue weighted by atomic mass is 14.7. The molecule has 0 aromatic rings. The molecule has 14 heavy (non-hydrogen) atoms. The smallest absolute Gasteiger partial charge is 0.0261 e. The third-order valence-electron chi connectivity index (χ3n) is 5.75. The molecule has 0 aromatic heterocycles. The van der Waals surface area contributed by atoms with E-state index in [2.05, 4.69) is 20.8 Å². The van der Waals surface area contributed by atoms with Crippen molar-refractivity contribution in [2.75, 3.05) is 0 Å². The van der Waals surface area contributed by atoms with Gasteiger partial charge in [0.1, 0.15) is 0 Å². The SMILES string of the molecule is CC(C)[C@H]1C[C@H](C23CC(C2)C3)CC1C. The van der Waals surface area contributed by atoms with E-state index in [1.54, 1.807) is 32.1 Å². The van der Waals surface area contributed by atoms with E-state index >= 15 is 0 Å². The van der Waals surface area contributed by atoms with Crippen molar-refractivity contribution < 1.29 is 0 Å². The van der Waals surface area contributed by atoms with Gasteiger partial charge < -0.3 is 0 Å². The zero-order chi connectivity index (χ0) is 9.92. The van der Waals surface area contributed by atoms with Gasteiger partial charge in [-0.1, -0.05) is 20.8 Å². The van der Waals surface area contributed by atoms with E-state index in [4.69, 9.17) is 0 Å². The molecule has 0 N–H and O–H groups in total. The van der Waals surface area contributed by atoms with Gasteiger partial charge in [0.15, 0.2) is 0 Å². The summed E-state index contributed by atoms with van der Waals surface area (Å²) < 4.78 is 0. The topological polar surface area (TPSA) is 0 Å². The lowest BCUT2D eigenvalue weighted by Gasteiger charge is -2.65. The minimum Gasteiger partial charge on any atom is -0.0625 e. The van der Waals surface area contributed by atoms with Crippen molar-refractivity contribution in [1.82, 2.24) is 0 Å². The molecule has 4 aliphatic rings. The average Bonchev–Trinajstić information content (AvgIpc) is 2.24. The van der Waals surface area contributed by atoms with Gasteiger partial charge in [-0.15, -0.1) is 0 Å². The Balaban J connectivity index is 1.68. The highest BCUT2D eigenvalue weighted by molar-refractivity contribution is 5.11. The molecule has 3 atom stereocenters. The molecule has 4 saturated carbocycles. The highest BCUT2D eigenvalue weighted by Gasteiger charge is 2.61. The first kappa shape index (κ1) is 9.24. The normalized spacial score (nSPS) is 55.7. The molecule has 0 aliphatic heterocycles. The molecule has 4 rings (SSSR count). The Labute approximate surface area is 88.5 Å². The minimum absolute atomic E-state index is 0.891. The molecule has 0 aromatic carbocycles. The van der Waals surface area contributed by atoms with Crippen LogP contribution < -0.4 is 0 Å². The van der Waals surface area contributed by atoms with E-state index in [9.17, 15) is 0 Å². The van der Waals surface area contributed by atoms with Crippen LogP contribution in [0.25, 0.3) is 0 Å². The Morgan fingerprint density at radius 3 is 2.07 bits per heavy atom. The first-order chi connectivity index (χ1) is 6.61. The van der Waals surface area contributed by atoms with Crippen LogP contribution in [0, 0.1) is 35.0 Å². The molecule has 1 unspecified atom stereocenters. The van der Waals surface area contributed by atoms with Crippen LogP contribution in [0.15, 0.2) is 0 Å². The fourth-order valence-electron chi connectivity index (χ4n) is 4.76. The number of hydrogen-bond donors (Lipinski definition) is 0. The fraction of sp³-hybridized carbons (Fsp3) is 1.00. The quantitative estimate of drug-likeness (QED) is 0.618. The van der Waals surface area contributed by atoms with E-state index in [-0.39, 0.29) is 0 Å². The largest absolute Gasteiger partial charge is 0.0625 e. The lowest BCUT2D eigenvalue weighted by Crippen LogP contribution is -2.55. The Morgan fingerprint density at radius 1 is 1.07 bits per heavy atom. The zero-order valence-electron chi connectivity index (χ0n) is 9.92. The van der Waals surface area contributed by atoms with Crippen molar-refractivity contribution in [2.24, 2.45) is 35.0 Å². The van der Waals surface area contributed by atoms with E-state index < -0.39 is 0 Å². The Hall–Kier alpha value is 0. The second-order valence-corrected chi connectivity index (χ2v) is 6.89. The first-order valence-corrected chi connectivity index (χ1v) is 6.61. The van der Waals surface area contributed by atoms with Crippen molar-refractivity contribution in [2.45, 2.75) is 52.9 Å². The fourth-order valence-corrected chi connectivity index (χ4v) is 4.76. The van der Waals surface area contributed by atoms with Crippen LogP contribution in [-0.4, -0.2) is 0 Å². The van der Waals surface area contributed by atoms with Crippen LogP contribution in [0.4, 0.5) is 0 Å². The second-order valence-electron chi connectivity index (χ2n) is 6.89. The van der Waals surface area contributed by atoms with Crippen LogP contribution in [0.1, 0.15) is 52.9 Å². The Kier molecular flexibility index (Phi) is 1.83. The number of hydrogen-bond acceptors (Lipinski definition) is 0. The molecule has 0 radical (unpaired) electrons. The summed E-state index contributed by atoms with van der Waals surface area (Å²) in [6.07, 6.45) is 7.93. The van der Waals surface area contributed by atoms with Gasteiger partial charge in [-0.3, -0.25) is 0 Å². The summed E-state index contributed by atoms with van der Waals surface area (Å²) in [5, 5.41) is 0. The van der Waals surface area contributed by atoms with E-state index in [0.29, 0.717) is 0 Å². The van der Waals surface area contributed by atoms with Crippen LogP contribution >= 0.6 is 0 Å². The maximum absolute atomic E-state index is 2.50. The summed E-state index contributed by atoms with van der Waals surface area (Å²) in [5.74, 6) is 5.25. The van der Waals surface area contributed by atoms with Gasteiger partial charge in [0.25, 0.3) is 0 Å². The maximum Gasteiger partial charge on any atom is -0.0261 e. The molecule has 4 aliphatic carbocycles. The summed E-state index contributed by atoms with van der Waals surface area (Å²) in [6, 6.07) is 0. The molecule has 4 fully saturated rings. The third kappa shape index (κ3) is 1.06. The molecule has 80 valence electrons. The standard InChI is InChI=1S/C14H24/c1-9(2)13-5-12(4-10(13)3)14-6-11(7-14)8-14/h9-13H,4-8H2,1-3H3/t10?,11?,12-,13-,14?/m1/s1. The van der Waals surface area contributed by atoms with Gasteiger partial charge >= 0.3 is 0 Å². The molecular weight excluding hydrogens is 168 g/mol. The highest BCUT2D eigenvalue weighted by Crippen LogP contribution is 2.71. The lowest BCUT2D eigenvalue weighted by molar-refractivity contribution is -0.151. The van der Waals surface area contributed by atoms with Crippen molar-refractivity contribution in [3.05, 3.63) is 0 Å². The van der Waals surface area contributed by atoms with Crippen LogP contribution in [-0.2, 0) is 0 Å². The van der Waals surface area contributed by atoms with Crippen molar-refractivity contribution in [1.29, 1.82) is 0 Å². The molecule has 0 amide bonds. The molecule has 0 saturated heterocycles. The maximum atomic E-state index is 2.50. The molecule has 0 nitrogen and oxygen atoms in total. The van der Waals surface area contributed by atoms with Gasteiger partial charge in [-0.05, 0) is 67.1 Å². The summed E-state index contributed by atoms with van der Waals surface area (Å²) in [7, 11) is 0. The first-order valence-electron chi connectivity index (χ1n) is 6.61. The number of rotatable bonds is 2. The predicted octanol–water partition coefficient (Wildman–Crippen LogP) is 4.10. The van der Waals surface area contributed by atoms with Crippen LogP contribution in [0.5, 0.6) is 0 Å². The summed E-state index contributed by atoms with van der Waals surface area (Å²) in [4.78, 5) is 0. The van der Waals surface area contributed by atoms with Crippen LogP contribution in [0.2, 0.25) is 0 Å². The molecule has 2 bridgehead atoms. The molecule has 0 spiro atoms. The van der Waals surface area contributed by atoms with Gasteiger partial charge in [0.2, 0.25) is 0 Å². The third-order valence-corrected chi connectivity index (χ3v) is 5.75. The Morgan fingerprint density at radius 2 is 1.71 bits per heavy atom. The van der Waals surface area contributed by atoms with E-state index in [1.165, 1.54) is 5.92 Å². The van der Waals surface area contributed by atoms with Gasteiger partial charge in [0.05, 0.1) is 0 Å². The predicted molar refractivity (Wildman–Crippen MR) is 60.0 cm³/mol. The summed E-state index contributed by atoms with van der Waals surface area (Å²) in [5.41, 5.74) is 0.891. The van der Waals surface area contributed by atoms with Crippen molar-refractivity contribution in [3.8, 4) is 0 Å². The summed E-state index contributed by atoms with van der Waals surface area (Å²) >= 11 is 0. The summed E-state index contributed by atoms with van der Waals surface area (Å²) in [6.45, 7) is 7.34. The average molecular weight is 192 g/mol. The lowest BCUT2D eigenvalue weighted by atomic mass is 9.40. The Bertz CT molecular complexity index is 223.